The van der Waals surface area contributed by atoms with Crippen LogP contribution in [0.1, 0.15) is 32.8 Å². The first kappa shape index (κ1) is 20.2. The molecule has 6 nitrogen and oxygen atoms in total. The van der Waals surface area contributed by atoms with Crippen LogP contribution in [0.5, 0.6) is 0 Å². The number of carbonyl (C=O) groups is 3. The molecule has 1 N–H and O–H groups in total. The number of rotatable bonds is 7. The summed E-state index contributed by atoms with van der Waals surface area (Å²) in [6.45, 7) is 5.16. The van der Waals surface area contributed by atoms with Crippen molar-refractivity contribution in [1.29, 1.82) is 0 Å². The van der Waals surface area contributed by atoms with Crippen LogP contribution in [-0.2, 0) is 19.1 Å². The lowest BCUT2D eigenvalue weighted by Crippen LogP contribution is -2.43. The van der Waals surface area contributed by atoms with Crippen molar-refractivity contribution in [1.82, 2.24) is 5.32 Å². The zero-order chi connectivity index (χ0) is 18.7. The number of allylic oxidation sites excluding steroid dienone is 2. The van der Waals surface area contributed by atoms with Gasteiger partial charge in [-0.1, -0.05) is 54.6 Å². The number of benzene rings is 1. The Morgan fingerprint density at radius 1 is 1.16 bits per heavy atom. The Hall–Kier alpha value is -2.89. The molecule has 0 heterocycles. The van der Waals surface area contributed by atoms with Crippen LogP contribution < -0.4 is 5.32 Å². The second-order valence-electron chi connectivity index (χ2n) is 6.17. The highest BCUT2D eigenvalue weighted by molar-refractivity contribution is 5.85. The van der Waals surface area contributed by atoms with Gasteiger partial charge in [-0.15, -0.1) is 0 Å². The summed E-state index contributed by atoms with van der Waals surface area (Å²) in [6.07, 6.45) is 6.54. The van der Waals surface area contributed by atoms with E-state index in [-0.39, 0.29) is 12.9 Å². The van der Waals surface area contributed by atoms with Gasteiger partial charge in [0.1, 0.15) is 11.6 Å². The van der Waals surface area contributed by atoms with Crippen LogP contribution in [0.4, 0.5) is 4.79 Å². The van der Waals surface area contributed by atoms with Crippen LogP contribution in [0.2, 0.25) is 0 Å². The molecule has 0 bridgehead atoms. The second-order valence-corrected chi connectivity index (χ2v) is 6.17. The maximum Gasteiger partial charge on any atom is 0.408 e. The van der Waals surface area contributed by atoms with Gasteiger partial charge in [-0.3, -0.25) is 4.79 Å². The van der Waals surface area contributed by atoms with Gasteiger partial charge in [0, 0.05) is 0 Å². The average Bonchev–Trinajstić information content (AvgIpc) is 2.53. The zero-order valence-electron chi connectivity index (χ0n) is 14.6. The molecule has 0 spiro atoms. The van der Waals surface area contributed by atoms with E-state index in [2.05, 4.69) is 10.1 Å². The minimum absolute atomic E-state index is 0.0329. The summed E-state index contributed by atoms with van der Waals surface area (Å²) in [7, 11) is 0. The second kappa shape index (κ2) is 10.1. The Kier molecular flexibility index (Phi) is 8.12. The lowest BCUT2D eigenvalue weighted by atomic mass is 10.2. The van der Waals surface area contributed by atoms with Gasteiger partial charge in [0.15, 0.2) is 0 Å². The number of nitrogens with one attached hydrogen (secondary N) is 1. The number of carbonyl (C=O) groups excluding carboxylic acids is 3. The Bertz CT molecular complexity index is 629. The van der Waals surface area contributed by atoms with Crippen LogP contribution in [0.3, 0.4) is 0 Å². The smallest absolute Gasteiger partial charge is 0.408 e. The summed E-state index contributed by atoms with van der Waals surface area (Å²) in [4.78, 5) is 33.9. The minimum atomic E-state index is -1.01. The van der Waals surface area contributed by atoms with Crippen molar-refractivity contribution < 1.29 is 23.9 Å². The molecule has 1 aromatic carbocycles. The molecular formula is C19H23NO5. The monoisotopic (exact) mass is 345 g/mol. The molecule has 1 unspecified atom stereocenters. The highest BCUT2D eigenvalue weighted by Gasteiger charge is 2.24. The Balaban J connectivity index is 2.62. The number of alkyl carbamates (subject to hydrolysis) is 1. The molecule has 0 fully saturated rings. The Morgan fingerprint density at radius 2 is 1.84 bits per heavy atom. The molecule has 1 rings (SSSR count). The summed E-state index contributed by atoms with van der Waals surface area (Å²) in [6, 6.07) is 8.69. The Morgan fingerprint density at radius 3 is 2.44 bits per heavy atom. The molecule has 6 heteroatoms. The lowest BCUT2D eigenvalue weighted by Gasteiger charge is -2.21. The molecule has 1 amide bonds. The van der Waals surface area contributed by atoms with Gasteiger partial charge in [0.25, 0.3) is 0 Å². The lowest BCUT2D eigenvalue weighted by molar-refractivity contribution is -0.153. The number of hydrogen-bond donors (Lipinski definition) is 1. The van der Waals surface area contributed by atoms with Crippen molar-refractivity contribution in [3.63, 3.8) is 0 Å². The quantitative estimate of drug-likeness (QED) is 0.355. The van der Waals surface area contributed by atoms with Crippen LogP contribution in [0, 0.1) is 0 Å². The van der Waals surface area contributed by atoms with Gasteiger partial charge < -0.3 is 14.8 Å². The van der Waals surface area contributed by atoms with E-state index in [1.807, 2.05) is 42.5 Å². The number of hydrogen-bond acceptors (Lipinski definition) is 5. The maximum absolute atomic E-state index is 11.8. The normalized spacial score (nSPS) is 12.8. The van der Waals surface area contributed by atoms with Crippen molar-refractivity contribution in [2.75, 3.05) is 0 Å². The molecule has 0 aliphatic rings. The molecule has 25 heavy (non-hydrogen) atoms. The Labute approximate surface area is 147 Å². The fourth-order valence-electron chi connectivity index (χ4n) is 1.82. The molecule has 1 aromatic rings. The summed E-state index contributed by atoms with van der Waals surface area (Å²) < 4.78 is 9.42. The molecule has 134 valence electrons. The summed E-state index contributed by atoms with van der Waals surface area (Å²) in [5.74, 6) is -0.849. The van der Waals surface area contributed by atoms with Crippen molar-refractivity contribution in [3.05, 3.63) is 54.1 Å². The third kappa shape index (κ3) is 9.10. The standard InChI is InChI=1S/C19H23NO5/c1-19(2,3)25-18(23)20-16(17(22)24-14-21)13-9-5-8-12-15-10-6-4-7-11-15/h4-12,14,16H,13H2,1-3H3,(H,20,23). The molecule has 0 aromatic heterocycles. The van der Waals surface area contributed by atoms with Gasteiger partial charge in [-0.05, 0) is 32.8 Å². The first-order valence-corrected chi connectivity index (χ1v) is 7.84. The van der Waals surface area contributed by atoms with E-state index in [0.29, 0.717) is 0 Å². The number of ether oxygens (including phenoxy) is 2. The van der Waals surface area contributed by atoms with E-state index in [9.17, 15) is 14.4 Å². The third-order valence-corrected chi connectivity index (χ3v) is 2.85. The third-order valence-electron chi connectivity index (χ3n) is 2.85. The fraction of sp³-hybridized carbons (Fsp3) is 0.316. The number of esters is 1. The van der Waals surface area contributed by atoms with Crippen LogP contribution in [0.15, 0.2) is 48.6 Å². The van der Waals surface area contributed by atoms with Crippen molar-refractivity contribution in [2.24, 2.45) is 0 Å². The van der Waals surface area contributed by atoms with Crippen LogP contribution >= 0.6 is 0 Å². The molecular weight excluding hydrogens is 322 g/mol. The average molecular weight is 345 g/mol. The van der Waals surface area contributed by atoms with Crippen LogP contribution in [0.25, 0.3) is 6.08 Å². The maximum atomic E-state index is 11.8. The van der Waals surface area contributed by atoms with Crippen LogP contribution in [-0.4, -0.2) is 30.2 Å². The number of amides is 1. The summed E-state index contributed by atoms with van der Waals surface area (Å²) in [5.41, 5.74) is 0.341. The molecule has 1 atom stereocenters. The predicted molar refractivity (Wildman–Crippen MR) is 94.5 cm³/mol. The SMILES string of the molecule is CC(C)(C)OC(=O)NC(CC=CC=Cc1ccccc1)C(=O)OC=O. The van der Waals surface area contributed by atoms with E-state index >= 15 is 0 Å². The molecule has 0 saturated carbocycles. The molecule has 0 radical (unpaired) electrons. The van der Waals surface area contributed by atoms with Crippen molar-refractivity contribution in [2.45, 2.75) is 38.8 Å². The van der Waals surface area contributed by atoms with Gasteiger partial charge in [0.2, 0.25) is 0 Å². The summed E-state index contributed by atoms with van der Waals surface area (Å²) >= 11 is 0. The molecule has 0 aliphatic heterocycles. The fourth-order valence-corrected chi connectivity index (χ4v) is 1.82. The minimum Gasteiger partial charge on any atom is -0.444 e. The van der Waals surface area contributed by atoms with E-state index < -0.39 is 23.7 Å². The van der Waals surface area contributed by atoms with Gasteiger partial charge in [0.05, 0.1) is 0 Å². The first-order valence-electron chi connectivity index (χ1n) is 7.84. The van der Waals surface area contributed by atoms with E-state index in [1.54, 1.807) is 32.9 Å². The summed E-state index contributed by atoms with van der Waals surface area (Å²) in [5, 5.41) is 2.40. The topological polar surface area (TPSA) is 81.7 Å². The largest absolute Gasteiger partial charge is 0.444 e. The molecule has 0 aliphatic carbocycles. The zero-order valence-corrected chi connectivity index (χ0v) is 14.6. The highest BCUT2D eigenvalue weighted by atomic mass is 16.6. The van der Waals surface area contributed by atoms with Gasteiger partial charge in [-0.25, -0.2) is 9.59 Å². The predicted octanol–water partition coefficient (Wildman–Crippen LogP) is 3.24. The van der Waals surface area contributed by atoms with E-state index in [0.717, 1.165) is 5.56 Å². The highest BCUT2D eigenvalue weighted by Crippen LogP contribution is 2.08. The van der Waals surface area contributed by atoms with Gasteiger partial charge in [-0.2, -0.15) is 0 Å². The molecule has 0 saturated heterocycles. The first-order chi connectivity index (χ1) is 11.8. The van der Waals surface area contributed by atoms with Gasteiger partial charge >= 0.3 is 18.5 Å². The van der Waals surface area contributed by atoms with E-state index in [1.165, 1.54) is 0 Å². The van der Waals surface area contributed by atoms with E-state index in [4.69, 9.17) is 4.74 Å². The van der Waals surface area contributed by atoms with Crippen molar-refractivity contribution in [3.8, 4) is 0 Å². The van der Waals surface area contributed by atoms with Crippen molar-refractivity contribution >= 4 is 24.6 Å².